The maximum absolute atomic E-state index is 13.1. The maximum atomic E-state index is 13.1. The van der Waals surface area contributed by atoms with Crippen molar-refractivity contribution in [3.8, 4) is 5.75 Å². The largest absolute Gasteiger partial charge is 0.497 e. The number of nitrogens with two attached hydrogens (primary N) is 1. The second-order valence-electron chi connectivity index (χ2n) is 6.25. The molecule has 0 spiro atoms. The van der Waals surface area contributed by atoms with Crippen molar-refractivity contribution < 1.29 is 17.9 Å². The Bertz CT molecular complexity index is 989. The summed E-state index contributed by atoms with van der Waals surface area (Å²) in [5.41, 5.74) is 6.04. The second-order valence-corrected chi connectivity index (χ2v) is 6.25. The molecule has 0 radical (unpaired) electrons. The summed E-state index contributed by atoms with van der Waals surface area (Å²) < 4.78 is 44.4. The minimum absolute atomic E-state index is 0.0573. The third kappa shape index (κ3) is 4.05. The number of hydrogen-bond acceptors (Lipinski definition) is 5. The molecule has 3 N–H and O–H groups in total. The summed E-state index contributed by atoms with van der Waals surface area (Å²) in [6.45, 7) is 3.50. The third-order valence-electron chi connectivity index (χ3n) is 4.17. The highest BCUT2D eigenvalue weighted by Gasteiger charge is 2.31. The van der Waals surface area contributed by atoms with Gasteiger partial charge in [-0.2, -0.15) is 13.2 Å². The molecule has 3 aromatic rings. The number of halogens is 3. The van der Waals surface area contributed by atoms with Crippen LogP contribution in [0.5, 0.6) is 5.75 Å². The number of aryl methyl sites for hydroxylation is 1. The number of nitrogens with one attached hydrogen (secondary N) is 1. The van der Waals surface area contributed by atoms with Gasteiger partial charge in [0.25, 0.3) is 0 Å². The van der Waals surface area contributed by atoms with Gasteiger partial charge in [-0.05, 0) is 49.7 Å². The topological polar surface area (TPSA) is 73.1 Å². The number of hydrogen-bond donors (Lipinski definition) is 2. The van der Waals surface area contributed by atoms with Gasteiger partial charge in [0, 0.05) is 17.1 Å². The smallest absolute Gasteiger partial charge is 0.416 e. The first-order valence-electron chi connectivity index (χ1n) is 8.24. The molecule has 5 nitrogen and oxygen atoms in total. The first-order valence-corrected chi connectivity index (χ1v) is 8.24. The lowest BCUT2D eigenvalue weighted by Gasteiger charge is -2.19. The average molecular weight is 376 g/mol. The Hall–Kier alpha value is -3.03. The summed E-state index contributed by atoms with van der Waals surface area (Å²) in [5.74, 6) is 1.72. The Labute approximate surface area is 154 Å². The molecule has 3 rings (SSSR count). The molecule has 0 saturated heterocycles. The molecule has 142 valence electrons. The molecule has 0 bridgehead atoms. The van der Waals surface area contributed by atoms with Crippen LogP contribution in [0.15, 0.2) is 36.4 Å². The lowest BCUT2D eigenvalue weighted by molar-refractivity contribution is -0.137. The number of alkyl halides is 3. The van der Waals surface area contributed by atoms with E-state index in [1.54, 1.807) is 33.1 Å². The molecule has 0 aliphatic heterocycles. The van der Waals surface area contributed by atoms with Crippen LogP contribution in [0.25, 0.3) is 10.9 Å². The molecule has 2 aromatic carbocycles. The fourth-order valence-corrected chi connectivity index (χ4v) is 2.84. The zero-order valence-corrected chi connectivity index (χ0v) is 15.1. The van der Waals surface area contributed by atoms with Crippen molar-refractivity contribution in [2.24, 2.45) is 0 Å². The summed E-state index contributed by atoms with van der Waals surface area (Å²) >= 11 is 0. The van der Waals surface area contributed by atoms with Gasteiger partial charge in [0.05, 0.1) is 24.2 Å². The lowest BCUT2D eigenvalue weighted by Crippen LogP contribution is -2.12. The van der Waals surface area contributed by atoms with Crippen LogP contribution in [0, 0.1) is 6.92 Å². The minimum Gasteiger partial charge on any atom is -0.497 e. The number of rotatable bonds is 4. The molecular weight excluding hydrogens is 357 g/mol. The van der Waals surface area contributed by atoms with Crippen LogP contribution < -0.4 is 15.8 Å². The van der Waals surface area contributed by atoms with Gasteiger partial charge in [-0.25, -0.2) is 9.97 Å². The monoisotopic (exact) mass is 376 g/mol. The number of ether oxygens (including phenoxy) is 1. The zero-order chi connectivity index (χ0) is 19.8. The predicted octanol–water partition coefficient (Wildman–Crippen LogP) is 4.72. The molecule has 0 saturated carbocycles. The quantitative estimate of drug-likeness (QED) is 0.645. The van der Waals surface area contributed by atoms with Crippen molar-refractivity contribution in [1.82, 2.24) is 9.97 Å². The second kappa shape index (κ2) is 6.94. The van der Waals surface area contributed by atoms with Crippen molar-refractivity contribution in [3.63, 3.8) is 0 Å². The van der Waals surface area contributed by atoms with Crippen molar-refractivity contribution in [3.05, 3.63) is 53.3 Å². The van der Waals surface area contributed by atoms with E-state index in [0.717, 1.165) is 17.5 Å². The number of nitrogens with zero attached hydrogens (tertiary/aromatic N) is 2. The van der Waals surface area contributed by atoms with Crippen molar-refractivity contribution in [2.45, 2.75) is 26.1 Å². The molecule has 8 heteroatoms. The Kier molecular flexibility index (Phi) is 4.82. The molecule has 0 amide bonds. The van der Waals surface area contributed by atoms with Gasteiger partial charge in [0.1, 0.15) is 17.4 Å². The summed E-state index contributed by atoms with van der Waals surface area (Å²) in [7, 11) is 1.56. The van der Waals surface area contributed by atoms with Crippen LogP contribution in [0.2, 0.25) is 0 Å². The van der Waals surface area contributed by atoms with E-state index in [4.69, 9.17) is 10.5 Å². The van der Waals surface area contributed by atoms with Crippen LogP contribution in [0.4, 0.5) is 24.7 Å². The molecule has 1 aromatic heterocycles. The fraction of sp³-hybridized carbons (Fsp3) is 0.263. The van der Waals surface area contributed by atoms with Gasteiger partial charge < -0.3 is 15.8 Å². The van der Waals surface area contributed by atoms with E-state index in [1.807, 2.05) is 6.07 Å². The van der Waals surface area contributed by atoms with E-state index in [1.165, 1.54) is 6.07 Å². The molecular formula is C19H19F3N4O. The van der Waals surface area contributed by atoms with Crippen LogP contribution in [0.1, 0.15) is 29.9 Å². The highest BCUT2D eigenvalue weighted by Crippen LogP contribution is 2.34. The molecule has 1 atom stereocenters. The Morgan fingerprint density at radius 1 is 1.11 bits per heavy atom. The van der Waals surface area contributed by atoms with Crippen molar-refractivity contribution in [2.75, 3.05) is 18.2 Å². The fourth-order valence-electron chi connectivity index (χ4n) is 2.84. The van der Waals surface area contributed by atoms with Gasteiger partial charge in [-0.1, -0.05) is 0 Å². The van der Waals surface area contributed by atoms with E-state index in [9.17, 15) is 13.2 Å². The van der Waals surface area contributed by atoms with E-state index in [0.29, 0.717) is 28.5 Å². The van der Waals surface area contributed by atoms with E-state index in [2.05, 4.69) is 15.3 Å². The SMILES string of the molecule is COc1ccc2c(NC(C)c3cc(N)cc(C(F)(F)F)c3)nc(C)nc2c1. The summed E-state index contributed by atoms with van der Waals surface area (Å²) in [6, 6.07) is 8.45. The summed E-state index contributed by atoms with van der Waals surface area (Å²) in [4.78, 5) is 8.79. The number of nitrogen functional groups attached to an aromatic ring is 1. The Morgan fingerprint density at radius 3 is 2.52 bits per heavy atom. The minimum atomic E-state index is -4.46. The van der Waals surface area contributed by atoms with Gasteiger partial charge >= 0.3 is 6.18 Å². The lowest BCUT2D eigenvalue weighted by atomic mass is 10.0. The number of aromatic nitrogens is 2. The van der Waals surface area contributed by atoms with E-state index in [-0.39, 0.29) is 5.69 Å². The highest BCUT2D eigenvalue weighted by atomic mass is 19.4. The molecule has 1 heterocycles. The Morgan fingerprint density at radius 2 is 1.85 bits per heavy atom. The maximum Gasteiger partial charge on any atom is 0.416 e. The van der Waals surface area contributed by atoms with Crippen molar-refractivity contribution in [1.29, 1.82) is 0 Å². The van der Waals surface area contributed by atoms with Gasteiger partial charge in [-0.15, -0.1) is 0 Å². The van der Waals surface area contributed by atoms with Crippen molar-refractivity contribution >= 4 is 22.4 Å². The average Bonchev–Trinajstić information content (AvgIpc) is 2.59. The van der Waals surface area contributed by atoms with E-state index >= 15 is 0 Å². The molecule has 27 heavy (non-hydrogen) atoms. The van der Waals surface area contributed by atoms with Gasteiger partial charge in [-0.3, -0.25) is 0 Å². The number of methoxy groups -OCH3 is 1. The highest BCUT2D eigenvalue weighted by molar-refractivity contribution is 5.90. The number of anilines is 2. The van der Waals surface area contributed by atoms with Crippen LogP contribution in [-0.4, -0.2) is 17.1 Å². The standard InChI is InChI=1S/C19H19F3N4O/c1-10(12-6-13(19(20,21)22)8-14(23)7-12)24-18-16-5-4-15(27-3)9-17(16)25-11(2)26-18/h4-10H,23H2,1-3H3,(H,24,25,26). The Balaban J connectivity index is 1.99. The third-order valence-corrected chi connectivity index (χ3v) is 4.17. The molecule has 0 fully saturated rings. The van der Waals surface area contributed by atoms with Crippen LogP contribution in [-0.2, 0) is 6.18 Å². The van der Waals surface area contributed by atoms with Gasteiger partial charge in [0.15, 0.2) is 0 Å². The first kappa shape index (κ1) is 18.8. The summed E-state index contributed by atoms with van der Waals surface area (Å²) in [5, 5.41) is 3.91. The number of benzene rings is 2. The van der Waals surface area contributed by atoms with Crippen LogP contribution in [0.3, 0.4) is 0 Å². The molecule has 0 aliphatic carbocycles. The van der Waals surface area contributed by atoms with E-state index < -0.39 is 17.8 Å². The summed E-state index contributed by atoms with van der Waals surface area (Å²) in [6.07, 6.45) is -4.46. The normalized spacial score (nSPS) is 12.8. The van der Waals surface area contributed by atoms with Crippen LogP contribution >= 0.6 is 0 Å². The predicted molar refractivity (Wildman–Crippen MR) is 98.7 cm³/mol. The first-order chi connectivity index (χ1) is 12.7. The zero-order valence-electron chi connectivity index (χ0n) is 15.1. The molecule has 1 unspecified atom stereocenters. The number of fused-ring (bicyclic) bond motifs is 1. The molecule has 0 aliphatic rings. The van der Waals surface area contributed by atoms with Gasteiger partial charge in [0.2, 0.25) is 0 Å².